The molecular weight excluding hydrogens is 450 g/mol. The Kier molecular flexibility index (Phi) is 7.00. The summed E-state index contributed by atoms with van der Waals surface area (Å²) in [5.74, 6) is -0.649. The van der Waals surface area contributed by atoms with Crippen molar-refractivity contribution in [3.05, 3.63) is 71.3 Å². The van der Waals surface area contributed by atoms with Crippen molar-refractivity contribution in [3.63, 3.8) is 0 Å². The molecule has 1 fully saturated rings. The second kappa shape index (κ2) is 10.1. The van der Waals surface area contributed by atoms with E-state index in [1.165, 1.54) is 35.6 Å². The van der Waals surface area contributed by atoms with Crippen molar-refractivity contribution < 1.29 is 27.8 Å². The van der Waals surface area contributed by atoms with E-state index in [0.29, 0.717) is 36.9 Å². The van der Waals surface area contributed by atoms with Gasteiger partial charge in [-0.3, -0.25) is 9.59 Å². The summed E-state index contributed by atoms with van der Waals surface area (Å²) in [6.07, 6.45) is 0. The summed E-state index contributed by atoms with van der Waals surface area (Å²) in [6.45, 7) is 0.828. The van der Waals surface area contributed by atoms with Crippen LogP contribution in [0, 0.1) is 6.92 Å². The molecule has 0 bridgehead atoms. The Morgan fingerprint density at radius 3 is 2.36 bits per heavy atom. The number of morpholine rings is 1. The third kappa shape index (κ3) is 5.20. The van der Waals surface area contributed by atoms with Crippen molar-refractivity contribution in [2.45, 2.75) is 13.5 Å². The van der Waals surface area contributed by atoms with Crippen LogP contribution in [-0.4, -0.2) is 49.6 Å². The van der Waals surface area contributed by atoms with E-state index < -0.39 is 12.5 Å². The molecule has 2 aromatic carbocycles. The number of rotatable bonds is 6. The van der Waals surface area contributed by atoms with Crippen LogP contribution >= 0.6 is 11.3 Å². The average molecular weight is 473 g/mol. The van der Waals surface area contributed by atoms with Gasteiger partial charge < -0.3 is 19.7 Å². The van der Waals surface area contributed by atoms with Gasteiger partial charge in [0, 0.05) is 23.5 Å². The third-order valence-electron chi connectivity index (χ3n) is 5.26. The maximum Gasteiger partial charge on any atom is 0.387 e. The molecule has 6 nitrogen and oxygen atoms in total. The predicted molar refractivity (Wildman–Crippen MR) is 122 cm³/mol. The van der Waals surface area contributed by atoms with Crippen LogP contribution in [0.5, 0.6) is 5.75 Å². The summed E-state index contributed by atoms with van der Waals surface area (Å²) in [5, 5.41) is 3.30. The first-order valence-corrected chi connectivity index (χ1v) is 11.2. The first-order valence-electron chi connectivity index (χ1n) is 10.4. The number of carbonyl (C=O) groups excluding carboxylic acids is 2. The van der Waals surface area contributed by atoms with E-state index in [9.17, 15) is 18.4 Å². The predicted octanol–water partition coefficient (Wildman–Crippen LogP) is 5.05. The number of ether oxygens (including phenoxy) is 2. The van der Waals surface area contributed by atoms with Crippen LogP contribution in [0.2, 0.25) is 0 Å². The number of nitrogens with zero attached hydrogens (tertiary/aromatic N) is 1. The van der Waals surface area contributed by atoms with E-state index in [4.69, 9.17) is 4.74 Å². The maximum absolute atomic E-state index is 13.4. The van der Waals surface area contributed by atoms with Crippen LogP contribution in [0.3, 0.4) is 0 Å². The molecule has 0 atom stereocenters. The largest absolute Gasteiger partial charge is 0.435 e. The van der Waals surface area contributed by atoms with Crippen molar-refractivity contribution in [2.75, 3.05) is 31.6 Å². The summed E-state index contributed by atoms with van der Waals surface area (Å²) >= 11 is 1.33. The smallest absolute Gasteiger partial charge is 0.387 e. The zero-order chi connectivity index (χ0) is 23.4. The van der Waals surface area contributed by atoms with Gasteiger partial charge in [-0.05, 0) is 42.3 Å². The number of benzene rings is 2. The number of hydrogen-bond donors (Lipinski definition) is 1. The quantitative estimate of drug-likeness (QED) is 0.545. The Bertz CT molecular complexity index is 1130. The molecule has 1 aromatic heterocycles. The lowest BCUT2D eigenvalue weighted by Gasteiger charge is -2.27. The molecule has 4 rings (SSSR count). The van der Waals surface area contributed by atoms with Crippen molar-refractivity contribution in [3.8, 4) is 16.2 Å². The van der Waals surface area contributed by atoms with Gasteiger partial charge in [0.05, 0.1) is 18.8 Å². The van der Waals surface area contributed by atoms with Gasteiger partial charge in [0.15, 0.2) is 0 Å². The van der Waals surface area contributed by atoms with Crippen molar-refractivity contribution >= 4 is 28.2 Å². The number of halogens is 2. The number of carbonyl (C=O) groups is 2. The minimum Gasteiger partial charge on any atom is -0.435 e. The standard InChI is InChI=1S/C24H22F2N2O4S/c1-15-19(23(30)28-11-13-31-14-12-28)22(33-20(15)16-5-3-2-4-6-16)27-21(29)17-7-9-18(10-8-17)32-24(25)26/h2-10,24H,11-14H2,1H3,(H,27,29). The number of amides is 2. The molecule has 9 heteroatoms. The van der Waals surface area contributed by atoms with Crippen LogP contribution in [0.25, 0.3) is 10.4 Å². The van der Waals surface area contributed by atoms with Crippen LogP contribution in [-0.2, 0) is 4.74 Å². The topological polar surface area (TPSA) is 67.9 Å². The molecule has 0 aliphatic carbocycles. The van der Waals surface area contributed by atoms with E-state index in [-0.39, 0.29) is 17.2 Å². The molecule has 2 heterocycles. The minimum atomic E-state index is -2.94. The minimum absolute atomic E-state index is 0.0388. The average Bonchev–Trinajstić information content (AvgIpc) is 3.15. The number of alkyl halides is 2. The maximum atomic E-state index is 13.4. The molecule has 33 heavy (non-hydrogen) atoms. The Balaban J connectivity index is 1.65. The Labute approximate surface area is 193 Å². The zero-order valence-corrected chi connectivity index (χ0v) is 18.7. The summed E-state index contributed by atoms with van der Waals surface area (Å²) in [4.78, 5) is 28.9. The van der Waals surface area contributed by atoms with Crippen molar-refractivity contribution in [1.82, 2.24) is 4.90 Å². The fourth-order valence-electron chi connectivity index (χ4n) is 3.61. The number of thiophene rings is 1. The molecule has 3 aromatic rings. The van der Waals surface area contributed by atoms with E-state index in [1.807, 2.05) is 37.3 Å². The number of hydrogen-bond acceptors (Lipinski definition) is 5. The SMILES string of the molecule is Cc1c(-c2ccccc2)sc(NC(=O)c2ccc(OC(F)F)cc2)c1C(=O)N1CCOCC1. The lowest BCUT2D eigenvalue weighted by atomic mass is 10.1. The van der Waals surface area contributed by atoms with E-state index >= 15 is 0 Å². The molecule has 1 N–H and O–H groups in total. The molecule has 2 amide bonds. The molecule has 0 radical (unpaired) electrons. The molecule has 0 unspecified atom stereocenters. The molecule has 1 aliphatic rings. The van der Waals surface area contributed by atoms with Gasteiger partial charge in [0.2, 0.25) is 0 Å². The molecule has 0 spiro atoms. The molecule has 1 saturated heterocycles. The lowest BCUT2D eigenvalue weighted by Crippen LogP contribution is -2.41. The van der Waals surface area contributed by atoms with Crippen LogP contribution < -0.4 is 10.1 Å². The summed E-state index contributed by atoms with van der Waals surface area (Å²) < 4.78 is 34.4. The van der Waals surface area contributed by atoms with Gasteiger partial charge in [-0.25, -0.2) is 0 Å². The Hall–Kier alpha value is -3.30. The monoisotopic (exact) mass is 472 g/mol. The van der Waals surface area contributed by atoms with Gasteiger partial charge >= 0.3 is 6.61 Å². The van der Waals surface area contributed by atoms with Gasteiger partial charge in [-0.2, -0.15) is 8.78 Å². The lowest BCUT2D eigenvalue weighted by molar-refractivity contribution is -0.0498. The van der Waals surface area contributed by atoms with Gasteiger partial charge in [0.25, 0.3) is 11.8 Å². The summed E-state index contributed by atoms with van der Waals surface area (Å²) in [5.41, 5.74) is 2.45. The van der Waals surface area contributed by atoms with Gasteiger partial charge in [-0.1, -0.05) is 30.3 Å². The number of nitrogens with one attached hydrogen (secondary N) is 1. The van der Waals surface area contributed by atoms with E-state index in [2.05, 4.69) is 10.1 Å². The molecule has 0 saturated carbocycles. The Morgan fingerprint density at radius 1 is 1.06 bits per heavy atom. The van der Waals surface area contributed by atoms with Gasteiger partial charge in [0.1, 0.15) is 10.8 Å². The van der Waals surface area contributed by atoms with Crippen LogP contribution in [0.15, 0.2) is 54.6 Å². The first kappa shape index (κ1) is 22.9. The Morgan fingerprint density at radius 2 is 1.73 bits per heavy atom. The fraction of sp³-hybridized carbons (Fsp3) is 0.250. The van der Waals surface area contributed by atoms with Crippen molar-refractivity contribution in [2.24, 2.45) is 0 Å². The van der Waals surface area contributed by atoms with Crippen LogP contribution in [0.4, 0.5) is 13.8 Å². The highest BCUT2D eigenvalue weighted by molar-refractivity contribution is 7.20. The molecular formula is C24H22F2N2O4S. The number of anilines is 1. The second-order valence-corrected chi connectivity index (χ2v) is 8.41. The van der Waals surface area contributed by atoms with Crippen molar-refractivity contribution in [1.29, 1.82) is 0 Å². The molecule has 1 aliphatic heterocycles. The molecule has 172 valence electrons. The highest BCUT2D eigenvalue weighted by atomic mass is 32.1. The van der Waals surface area contributed by atoms with Gasteiger partial charge in [-0.15, -0.1) is 11.3 Å². The second-order valence-electron chi connectivity index (χ2n) is 7.39. The van der Waals surface area contributed by atoms with Crippen LogP contribution in [0.1, 0.15) is 26.3 Å². The van der Waals surface area contributed by atoms with E-state index in [0.717, 1.165) is 16.0 Å². The third-order valence-corrected chi connectivity index (χ3v) is 6.52. The normalized spacial score (nSPS) is 13.8. The fourth-order valence-corrected chi connectivity index (χ4v) is 4.81. The highest BCUT2D eigenvalue weighted by Crippen LogP contribution is 2.40. The summed E-state index contributed by atoms with van der Waals surface area (Å²) in [7, 11) is 0. The zero-order valence-electron chi connectivity index (χ0n) is 17.8. The van der Waals surface area contributed by atoms with E-state index in [1.54, 1.807) is 4.90 Å². The highest BCUT2D eigenvalue weighted by Gasteiger charge is 2.28. The summed E-state index contributed by atoms with van der Waals surface area (Å²) in [6, 6.07) is 15.1. The first-order chi connectivity index (χ1) is 15.9.